The second-order valence-electron chi connectivity index (χ2n) is 3.41. The Morgan fingerprint density at radius 1 is 1.06 bits per heavy atom. The van der Waals surface area contributed by atoms with Crippen LogP contribution >= 0.6 is 11.3 Å². The first-order chi connectivity index (χ1) is 7.93. The Morgan fingerprint density at radius 2 is 1.94 bits per heavy atom. The lowest BCUT2D eigenvalue weighted by Gasteiger charge is -1.92. The minimum absolute atomic E-state index is 0.944. The fourth-order valence-corrected chi connectivity index (χ4v) is 2.11. The first-order valence-corrected chi connectivity index (χ1v) is 5.87. The molecule has 3 aromatic rings. The van der Waals surface area contributed by atoms with Crippen LogP contribution in [0.5, 0.6) is 0 Å². The van der Waals surface area contributed by atoms with Crippen LogP contribution in [0, 0.1) is 0 Å². The van der Waals surface area contributed by atoms with Crippen molar-refractivity contribution in [2.75, 3.05) is 0 Å². The molecule has 0 radical (unpaired) electrons. The van der Waals surface area contributed by atoms with Crippen molar-refractivity contribution in [3.8, 4) is 22.6 Å². The van der Waals surface area contributed by atoms with Crippen LogP contribution in [0.1, 0.15) is 0 Å². The lowest BCUT2D eigenvalue weighted by Crippen LogP contribution is -1.76. The molecule has 0 saturated heterocycles. The van der Waals surface area contributed by atoms with Gasteiger partial charge in [0.25, 0.3) is 0 Å². The Kier molecular flexibility index (Phi) is 2.27. The van der Waals surface area contributed by atoms with Crippen LogP contribution in [0.25, 0.3) is 22.6 Å². The molecular weight excluding hydrogens is 218 g/mol. The van der Waals surface area contributed by atoms with Gasteiger partial charge >= 0.3 is 0 Å². The Bertz CT molecular complexity index is 569. The molecule has 0 fully saturated rings. The highest BCUT2D eigenvalue weighted by Crippen LogP contribution is 2.22. The van der Waals surface area contributed by atoms with Crippen LogP contribution in [0.15, 0.2) is 47.3 Å². The highest BCUT2D eigenvalue weighted by atomic mass is 32.1. The van der Waals surface area contributed by atoms with Crippen LogP contribution in [0.3, 0.4) is 0 Å². The van der Waals surface area contributed by atoms with E-state index in [1.165, 1.54) is 0 Å². The summed E-state index contributed by atoms with van der Waals surface area (Å²) in [7, 11) is 0. The summed E-state index contributed by atoms with van der Waals surface area (Å²) in [6.07, 6.45) is 0. The Labute approximate surface area is 96.8 Å². The number of aromatic nitrogens is 3. The predicted octanol–water partition coefficient (Wildman–Crippen LogP) is 3.20. The monoisotopic (exact) mass is 227 g/mol. The van der Waals surface area contributed by atoms with Crippen molar-refractivity contribution in [3.63, 3.8) is 0 Å². The van der Waals surface area contributed by atoms with E-state index in [0.29, 0.717) is 0 Å². The van der Waals surface area contributed by atoms with Crippen molar-refractivity contribution >= 4 is 11.3 Å². The third-order valence-corrected chi connectivity index (χ3v) is 2.94. The second-order valence-corrected chi connectivity index (χ2v) is 4.13. The molecule has 0 aliphatic rings. The summed E-state index contributed by atoms with van der Waals surface area (Å²) < 4.78 is 0. The van der Waals surface area contributed by atoms with E-state index < -0.39 is 0 Å². The summed E-state index contributed by atoms with van der Waals surface area (Å²) in [6, 6.07) is 12.1. The largest absolute Gasteiger partial charge is 0.276 e. The third kappa shape index (κ3) is 1.63. The number of nitrogens with one attached hydrogen (secondary N) is 1. The average Bonchev–Trinajstić information content (AvgIpc) is 3.01. The minimum atomic E-state index is 0.944. The van der Waals surface area contributed by atoms with Gasteiger partial charge in [-0.3, -0.25) is 5.10 Å². The van der Waals surface area contributed by atoms with Crippen molar-refractivity contribution in [2.45, 2.75) is 0 Å². The molecule has 0 aliphatic carbocycles. The van der Waals surface area contributed by atoms with Gasteiger partial charge in [-0.05, 0) is 6.07 Å². The summed E-state index contributed by atoms with van der Waals surface area (Å²) >= 11 is 1.58. The molecule has 2 heterocycles. The summed E-state index contributed by atoms with van der Waals surface area (Å²) in [4.78, 5) is 4.24. The molecule has 78 valence electrons. The Balaban J connectivity index is 2.00. The maximum atomic E-state index is 4.28. The van der Waals surface area contributed by atoms with Crippen LogP contribution in [-0.2, 0) is 0 Å². The molecule has 2 aromatic heterocycles. The van der Waals surface area contributed by atoms with E-state index in [1.807, 2.05) is 47.3 Å². The van der Waals surface area contributed by atoms with Crippen LogP contribution < -0.4 is 0 Å². The van der Waals surface area contributed by atoms with Gasteiger partial charge in [0.15, 0.2) is 0 Å². The normalized spacial score (nSPS) is 10.5. The first-order valence-electron chi connectivity index (χ1n) is 4.93. The molecule has 0 atom stereocenters. The average molecular weight is 227 g/mol. The zero-order valence-corrected chi connectivity index (χ0v) is 9.24. The van der Waals surface area contributed by atoms with E-state index in [4.69, 9.17) is 0 Å². The molecule has 3 rings (SSSR count). The maximum Gasteiger partial charge on any atom is 0.0989 e. The number of H-pyrrole nitrogens is 1. The van der Waals surface area contributed by atoms with Crippen LogP contribution in [-0.4, -0.2) is 15.2 Å². The zero-order chi connectivity index (χ0) is 10.8. The minimum Gasteiger partial charge on any atom is -0.276 e. The quantitative estimate of drug-likeness (QED) is 0.730. The maximum absolute atomic E-state index is 4.28. The molecule has 0 saturated carbocycles. The van der Waals surface area contributed by atoms with Crippen molar-refractivity contribution in [3.05, 3.63) is 47.3 Å². The number of nitrogens with zero attached hydrogens (tertiary/aromatic N) is 2. The van der Waals surface area contributed by atoms with E-state index in [9.17, 15) is 0 Å². The van der Waals surface area contributed by atoms with Crippen molar-refractivity contribution in [1.82, 2.24) is 15.2 Å². The Morgan fingerprint density at radius 3 is 2.69 bits per heavy atom. The lowest BCUT2D eigenvalue weighted by atomic mass is 10.1. The number of aromatic amines is 1. The van der Waals surface area contributed by atoms with E-state index in [-0.39, 0.29) is 0 Å². The molecule has 1 N–H and O–H groups in total. The topological polar surface area (TPSA) is 41.6 Å². The predicted molar refractivity (Wildman–Crippen MR) is 65.1 cm³/mol. The molecule has 1 aromatic carbocycles. The lowest BCUT2D eigenvalue weighted by molar-refractivity contribution is 1.09. The van der Waals surface area contributed by atoms with E-state index >= 15 is 0 Å². The number of thiazole rings is 1. The van der Waals surface area contributed by atoms with E-state index in [1.54, 1.807) is 11.3 Å². The van der Waals surface area contributed by atoms with Crippen molar-refractivity contribution in [2.24, 2.45) is 0 Å². The smallest absolute Gasteiger partial charge is 0.0989 e. The van der Waals surface area contributed by atoms with E-state index in [2.05, 4.69) is 15.2 Å². The fraction of sp³-hybridized carbons (Fsp3) is 0. The standard InChI is InChI=1S/C12H9N3S/c1-2-4-9(5-3-1)10-6-11(15-14-10)12-7-16-8-13-12/h1-8H,(H,14,15). The molecular formula is C12H9N3S. The number of benzene rings is 1. The second kappa shape index (κ2) is 3.90. The fourth-order valence-electron chi connectivity index (χ4n) is 1.56. The summed E-state index contributed by atoms with van der Waals surface area (Å²) in [6.45, 7) is 0. The van der Waals surface area contributed by atoms with Gasteiger partial charge in [-0.15, -0.1) is 11.3 Å². The third-order valence-electron chi connectivity index (χ3n) is 2.36. The van der Waals surface area contributed by atoms with Gasteiger partial charge in [-0.2, -0.15) is 5.10 Å². The van der Waals surface area contributed by atoms with Gasteiger partial charge in [0.05, 0.1) is 22.6 Å². The van der Waals surface area contributed by atoms with Gasteiger partial charge in [0.2, 0.25) is 0 Å². The summed E-state index contributed by atoms with van der Waals surface area (Å²) in [5, 5.41) is 9.29. The molecule has 0 amide bonds. The zero-order valence-electron chi connectivity index (χ0n) is 8.42. The molecule has 3 nitrogen and oxygen atoms in total. The van der Waals surface area contributed by atoms with Gasteiger partial charge in [-0.25, -0.2) is 4.98 Å². The molecule has 0 unspecified atom stereocenters. The summed E-state index contributed by atoms with van der Waals surface area (Å²) in [5.74, 6) is 0. The number of hydrogen-bond acceptors (Lipinski definition) is 3. The highest BCUT2D eigenvalue weighted by Gasteiger charge is 2.06. The first kappa shape index (κ1) is 9.30. The molecule has 0 aliphatic heterocycles. The van der Waals surface area contributed by atoms with E-state index in [0.717, 1.165) is 22.6 Å². The van der Waals surface area contributed by atoms with Gasteiger partial charge in [-0.1, -0.05) is 30.3 Å². The van der Waals surface area contributed by atoms with Crippen LogP contribution in [0.4, 0.5) is 0 Å². The Hall–Kier alpha value is -1.94. The summed E-state index contributed by atoms with van der Waals surface area (Å²) in [5.41, 5.74) is 5.78. The molecule has 0 spiro atoms. The number of rotatable bonds is 2. The van der Waals surface area contributed by atoms with Gasteiger partial charge < -0.3 is 0 Å². The van der Waals surface area contributed by atoms with Gasteiger partial charge in [0, 0.05) is 10.9 Å². The SMILES string of the molecule is c1ccc(-c2cc(-c3cscn3)[nH]n2)cc1. The van der Waals surface area contributed by atoms with Crippen LogP contribution in [0.2, 0.25) is 0 Å². The number of hydrogen-bond donors (Lipinski definition) is 1. The van der Waals surface area contributed by atoms with Crippen molar-refractivity contribution in [1.29, 1.82) is 0 Å². The molecule has 4 heteroatoms. The van der Waals surface area contributed by atoms with Crippen molar-refractivity contribution < 1.29 is 0 Å². The molecule has 0 bridgehead atoms. The highest BCUT2D eigenvalue weighted by molar-refractivity contribution is 7.07. The van der Waals surface area contributed by atoms with Gasteiger partial charge in [0.1, 0.15) is 0 Å². The molecule has 16 heavy (non-hydrogen) atoms.